The average molecular weight is 390 g/mol. The van der Waals surface area contributed by atoms with Crippen molar-refractivity contribution >= 4 is 23.2 Å². The molecule has 1 aromatic heterocycles. The van der Waals surface area contributed by atoms with E-state index in [2.05, 4.69) is 15.3 Å². The van der Waals surface area contributed by atoms with Crippen molar-refractivity contribution in [2.75, 3.05) is 25.0 Å². The summed E-state index contributed by atoms with van der Waals surface area (Å²) in [6.07, 6.45) is 3.97. The molecule has 1 saturated heterocycles. The quantitative estimate of drug-likeness (QED) is 0.852. The van der Waals surface area contributed by atoms with Crippen molar-refractivity contribution in [3.05, 3.63) is 45.6 Å². The molecule has 0 radical (unpaired) electrons. The van der Waals surface area contributed by atoms with E-state index in [0.717, 1.165) is 50.3 Å². The molecule has 4 rings (SSSR count). The first-order valence-corrected chi connectivity index (χ1v) is 9.82. The summed E-state index contributed by atoms with van der Waals surface area (Å²) in [6.45, 7) is 2.02. The van der Waals surface area contributed by atoms with E-state index < -0.39 is 0 Å². The van der Waals surface area contributed by atoms with Crippen LogP contribution in [0.1, 0.15) is 43.5 Å². The van der Waals surface area contributed by atoms with E-state index in [1.807, 2.05) is 4.57 Å². The molecule has 1 amide bonds. The van der Waals surface area contributed by atoms with E-state index in [4.69, 9.17) is 11.6 Å². The molecule has 1 aliphatic heterocycles. The maximum Gasteiger partial charge on any atom is 0.345 e. The highest BCUT2D eigenvalue weighted by atomic mass is 35.5. The number of hydrogen-bond acceptors (Lipinski definition) is 4. The van der Waals surface area contributed by atoms with Crippen LogP contribution in [0.2, 0.25) is 5.02 Å². The molecule has 2 heterocycles. The van der Waals surface area contributed by atoms with Gasteiger partial charge in [-0.15, -0.1) is 0 Å². The summed E-state index contributed by atoms with van der Waals surface area (Å²) in [5, 5.41) is 8.05. The zero-order chi connectivity index (χ0) is 19.0. The van der Waals surface area contributed by atoms with Gasteiger partial charge in [0, 0.05) is 29.7 Å². The number of likely N-dealkylation sites (tertiary alicyclic amines) is 1. The number of piperidine rings is 1. The Morgan fingerprint density at radius 1 is 1.19 bits per heavy atom. The summed E-state index contributed by atoms with van der Waals surface area (Å²) in [7, 11) is 1.72. The molecular weight excluding hydrogens is 366 g/mol. The van der Waals surface area contributed by atoms with Gasteiger partial charge in [0.05, 0.1) is 6.54 Å². The summed E-state index contributed by atoms with van der Waals surface area (Å²) in [5.41, 5.74) is 0.749. The van der Waals surface area contributed by atoms with Crippen LogP contribution in [0, 0.1) is 0 Å². The van der Waals surface area contributed by atoms with Crippen molar-refractivity contribution in [1.29, 1.82) is 0 Å². The van der Waals surface area contributed by atoms with Crippen LogP contribution in [-0.4, -0.2) is 44.8 Å². The fraction of sp³-hybridized carbons (Fsp3) is 0.526. The lowest BCUT2D eigenvalue weighted by molar-refractivity contribution is -0.117. The Kier molecular flexibility index (Phi) is 5.06. The molecule has 1 saturated carbocycles. The minimum atomic E-state index is -0.0245. The van der Waals surface area contributed by atoms with Crippen LogP contribution in [0.25, 0.3) is 0 Å². The number of anilines is 1. The third-order valence-corrected chi connectivity index (χ3v) is 5.59. The number of nitrogens with zero attached hydrogens (tertiary/aromatic N) is 4. The number of carbonyl (C=O) groups excluding carboxylic acids is 1. The normalized spacial score (nSPS) is 18.6. The monoisotopic (exact) mass is 389 g/mol. The Balaban J connectivity index is 1.33. The van der Waals surface area contributed by atoms with Crippen LogP contribution in [0.5, 0.6) is 0 Å². The van der Waals surface area contributed by atoms with E-state index >= 15 is 0 Å². The molecule has 0 bridgehead atoms. The molecule has 0 spiro atoms. The fourth-order valence-electron chi connectivity index (χ4n) is 3.74. The molecule has 1 aliphatic carbocycles. The molecule has 1 aromatic carbocycles. The van der Waals surface area contributed by atoms with Gasteiger partial charge in [0.15, 0.2) is 0 Å². The third kappa shape index (κ3) is 4.09. The number of carbonyl (C=O) groups is 1. The first kappa shape index (κ1) is 18.3. The summed E-state index contributed by atoms with van der Waals surface area (Å²) < 4.78 is 3.35. The summed E-state index contributed by atoms with van der Waals surface area (Å²) >= 11 is 5.86. The summed E-state index contributed by atoms with van der Waals surface area (Å²) in [4.78, 5) is 26.7. The highest BCUT2D eigenvalue weighted by molar-refractivity contribution is 6.30. The molecule has 7 nitrogen and oxygen atoms in total. The number of amides is 1. The molecule has 27 heavy (non-hydrogen) atoms. The van der Waals surface area contributed by atoms with Crippen LogP contribution in [0.15, 0.2) is 29.1 Å². The van der Waals surface area contributed by atoms with Crippen molar-refractivity contribution in [2.45, 2.75) is 37.6 Å². The fourth-order valence-corrected chi connectivity index (χ4v) is 3.86. The van der Waals surface area contributed by atoms with Gasteiger partial charge in [-0.1, -0.05) is 11.6 Å². The molecule has 0 atom stereocenters. The Morgan fingerprint density at radius 2 is 1.85 bits per heavy atom. The Bertz CT molecular complexity index is 876. The first-order chi connectivity index (χ1) is 13.0. The van der Waals surface area contributed by atoms with E-state index in [1.54, 1.807) is 31.3 Å². The lowest BCUT2D eigenvalue weighted by Crippen LogP contribution is -2.39. The van der Waals surface area contributed by atoms with Crippen molar-refractivity contribution in [1.82, 2.24) is 19.2 Å². The predicted octanol–water partition coefficient (Wildman–Crippen LogP) is 2.39. The van der Waals surface area contributed by atoms with Crippen molar-refractivity contribution in [3.8, 4) is 0 Å². The number of aromatic nitrogens is 3. The van der Waals surface area contributed by atoms with Gasteiger partial charge in [0.25, 0.3) is 0 Å². The number of halogens is 1. The number of rotatable bonds is 5. The average Bonchev–Trinajstić information content (AvgIpc) is 3.44. The van der Waals surface area contributed by atoms with Gasteiger partial charge in [0.1, 0.15) is 5.82 Å². The first-order valence-electron chi connectivity index (χ1n) is 9.44. The van der Waals surface area contributed by atoms with Crippen LogP contribution < -0.4 is 11.0 Å². The number of hydrogen-bond donors (Lipinski definition) is 1. The van der Waals surface area contributed by atoms with Crippen molar-refractivity contribution in [3.63, 3.8) is 0 Å². The number of benzene rings is 1. The SMILES string of the molecule is Cn1nc(C2CCN(CC(=O)Nc3ccc(Cl)cc3)CC2)n(C2CC2)c1=O. The molecule has 144 valence electrons. The van der Waals surface area contributed by atoms with E-state index in [9.17, 15) is 9.59 Å². The molecule has 1 N–H and O–H groups in total. The topological polar surface area (TPSA) is 72.2 Å². The smallest absolute Gasteiger partial charge is 0.325 e. The number of nitrogens with one attached hydrogen (secondary N) is 1. The molecule has 2 aromatic rings. The number of aryl methyl sites for hydroxylation is 1. The van der Waals surface area contributed by atoms with Gasteiger partial charge in [-0.2, -0.15) is 5.10 Å². The molecule has 0 unspecified atom stereocenters. The van der Waals surface area contributed by atoms with E-state index in [-0.39, 0.29) is 17.5 Å². The van der Waals surface area contributed by atoms with Gasteiger partial charge >= 0.3 is 5.69 Å². The maximum atomic E-state index is 12.3. The maximum absolute atomic E-state index is 12.3. The van der Waals surface area contributed by atoms with Crippen LogP contribution in [0.4, 0.5) is 5.69 Å². The second-order valence-electron chi connectivity index (χ2n) is 7.47. The zero-order valence-corrected chi connectivity index (χ0v) is 16.2. The minimum Gasteiger partial charge on any atom is -0.325 e. The zero-order valence-electron chi connectivity index (χ0n) is 15.4. The predicted molar refractivity (Wildman–Crippen MR) is 104 cm³/mol. The van der Waals surface area contributed by atoms with E-state index in [0.29, 0.717) is 17.6 Å². The second kappa shape index (κ2) is 7.48. The lowest BCUT2D eigenvalue weighted by Gasteiger charge is -2.31. The Hall–Kier alpha value is -2.12. The van der Waals surface area contributed by atoms with Crippen molar-refractivity contribution < 1.29 is 4.79 Å². The van der Waals surface area contributed by atoms with Crippen LogP contribution >= 0.6 is 11.6 Å². The molecule has 2 fully saturated rings. The van der Waals surface area contributed by atoms with Gasteiger partial charge < -0.3 is 5.32 Å². The van der Waals surface area contributed by atoms with Crippen molar-refractivity contribution in [2.24, 2.45) is 7.05 Å². The molecular formula is C19H24ClN5O2. The standard InChI is InChI=1S/C19H24ClN5O2/c1-23-19(27)25(16-6-7-16)18(22-23)13-8-10-24(11-9-13)12-17(26)21-15-4-2-14(20)3-5-15/h2-5,13,16H,6-12H2,1H3,(H,21,26). The Labute approximate surface area is 162 Å². The molecule has 8 heteroatoms. The summed E-state index contributed by atoms with van der Waals surface area (Å²) in [5.74, 6) is 1.19. The second-order valence-corrected chi connectivity index (χ2v) is 7.91. The molecule has 2 aliphatic rings. The minimum absolute atomic E-state index is 0.00253. The largest absolute Gasteiger partial charge is 0.345 e. The van der Waals surface area contributed by atoms with Crippen LogP contribution in [0.3, 0.4) is 0 Å². The highest BCUT2D eigenvalue weighted by Crippen LogP contribution is 2.37. The van der Waals surface area contributed by atoms with E-state index in [1.165, 1.54) is 4.68 Å². The Morgan fingerprint density at radius 3 is 2.48 bits per heavy atom. The highest BCUT2D eigenvalue weighted by Gasteiger charge is 2.33. The van der Waals surface area contributed by atoms with Gasteiger partial charge in [-0.25, -0.2) is 9.48 Å². The van der Waals surface area contributed by atoms with Gasteiger partial charge in [-0.05, 0) is 63.0 Å². The third-order valence-electron chi connectivity index (χ3n) is 5.34. The lowest BCUT2D eigenvalue weighted by atomic mass is 9.96. The summed E-state index contributed by atoms with van der Waals surface area (Å²) in [6, 6.07) is 7.45. The van der Waals surface area contributed by atoms with Gasteiger partial charge in [-0.3, -0.25) is 14.3 Å². The van der Waals surface area contributed by atoms with Gasteiger partial charge in [0.2, 0.25) is 5.91 Å². The van der Waals surface area contributed by atoms with Crippen LogP contribution in [-0.2, 0) is 11.8 Å².